The molecule has 0 aliphatic carbocycles. The molecular formula is C22H19NO6S. The summed E-state index contributed by atoms with van der Waals surface area (Å²) in [7, 11) is -3.56. The maximum absolute atomic E-state index is 12.5. The van der Waals surface area contributed by atoms with Crippen LogP contribution in [0.1, 0.15) is 34.1 Å². The van der Waals surface area contributed by atoms with Gasteiger partial charge in [-0.1, -0.05) is 42.2 Å². The van der Waals surface area contributed by atoms with Crippen LogP contribution >= 0.6 is 0 Å². The number of esters is 1. The van der Waals surface area contributed by atoms with Crippen molar-refractivity contribution in [3.05, 3.63) is 65.7 Å². The molecular weight excluding hydrogens is 406 g/mol. The van der Waals surface area contributed by atoms with E-state index < -0.39 is 39.5 Å². The molecule has 2 aromatic carbocycles. The van der Waals surface area contributed by atoms with Gasteiger partial charge in [0.05, 0.1) is 22.6 Å². The number of amides is 2. The van der Waals surface area contributed by atoms with Gasteiger partial charge in [-0.2, -0.15) is 0 Å². The van der Waals surface area contributed by atoms with Gasteiger partial charge in [0, 0.05) is 13.3 Å². The Morgan fingerprint density at radius 3 is 2.10 bits per heavy atom. The molecule has 3 rings (SSSR count). The highest BCUT2D eigenvalue weighted by Gasteiger charge is 2.36. The summed E-state index contributed by atoms with van der Waals surface area (Å²) in [4.78, 5) is 37.6. The predicted molar refractivity (Wildman–Crippen MR) is 108 cm³/mol. The Morgan fingerprint density at radius 2 is 1.53 bits per heavy atom. The Hall–Kier alpha value is -3.44. The molecule has 1 aliphatic rings. The maximum Gasteiger partial charge on any atom is 0.302 e. The van der Waals surface area contributed by atoms with Gasteiger partial charge in [0.15, 0.2) is 9.84 Å². The Labute approximate surface area is 174 Å². The van der Waals surface area contributed by atoms with Crippen molar-refractivity contribution < 1.29 is 27.5 Å². The third-order valence-corrected chi connectivity index (χ3v) is 5.93. The van der Waals surface area contributed by atoms with Gasteiger partial charge in [0.2, 0.25) is 0 Å². The molecule has 2 aromatic rings. The number of sulfone groups is 1. The van der Waals surface area contributed by atoms with Crippen LogP contribution in [0.4, 0.5) is 0 Å². The number of ether oxygens (including phenoxy) is 1. The van der Waals surface area contributed by atoms with Gasteiger partial charge >= 0.3 is 5.97 Å². The quantitative estimate of drug-likeness (QED) is 0.399. The molecule has 154 valence electrons. The third-order valence-electron chi connectivity index (χ3n) is 4.42. The summed E-state index contributed by atoms with van der Waals surface area (Å²) in [5, 5.41) is 0. The maximum atomic E-state index is 12.5. The van der Waals surface area contributed by atoms with Crippen molar-refractivity contribution in [3.63, 3.8) is 0 Å². The Bertz CT molecular complexity index is 1110. The Morgan fingerprint density at radius 1 is 0.967 bits per heavy atom. The minimum atomic E-state index is -3.56. The van der Waals surface area contributed by atoms with E-state index in [0.29, 0.717) is 11.1 Å². The standard InChI is InChI=1S/C22H19NO6S/c1-16(24)29-17(9-7-8-14-30(27,28)18-10-3-2-4-11-18)15-23-21(25)19-12-5-6-13-20(19)22(23)26/h2-6,10-13,17H,9,14-15H2,1H3. The van der Waals surface area contributed by atoms with Gasteiger partial charge in [-0.25, -0.2) is 8.42 Å². The Balaban J connectivity index is 1.68. The fraction of sp³-hybridized carbons (Fsp3) is 0.227. The van der Waals surface area contributed by atoms with Crippen LogP contribution in [0.5, 0.6) is 0 Å². The number of fused-ring (bicyclic) bond motifs is 1. The first kappa shape index (κ1) is 21.3. The first-order valence-corrected chi connectivity index (χ1v) is 10.8. The second-order valence-electron chi connectivity index (χ2n) is 6.63. The second kappa shape index (κ2) is 8.93. The number of nitrogens with zero attached hydrogens (tertiary/aromatic N) is 1. The summed E-state index contributed by atoms with van der Waals surface area (Å²) < 4.78 is 29.7. The molecule has 2 amide bonds. The molecule has 0 bridgehead atoms. The van der Waals surface area contributed by atoms with Crippen LogP contribution in [0, 0.1) is 11.8 Å². The first-order chi connectivity index (χ1) is 14.3. The molecule has 30 heavy (non-hydrogen) atoms. The molecule has 8 heteroatoms. The minimum Gasteiger partial charge on any atom is -0.460 e. The van der Waals surface area contributed by atoms with Gasteiger partial charge in [-0.15, -0.1) is 0 Å². The highest BCUT2D eigenvalue weighted by molar-refractivity contribution is 7.91. The monoisotopic (exact) mass is 425 g/mol. The van der Waals surface area contributed by atoms with E-state index in [1.807, 2.05) is 0 Å². The number of imide groups is 1. The van der Waals surface area contributed by atoms with E-state index in [2.05, 4.69) is 11.8 Å². The molecule has 0 saturated heterocycles. The van der Waals surface area contributed by atoms with E-state index in [1.54, 1.807) is 42.5 Å². The van der Waals surface area contributed by atoms with Crippen LogP contribution in [-0.4, -0.2) is 49.5 Å². The molecule has 0 radical (unpaired) electrons. The van der Waals surface area contributed by atoms with Crippen molar-refractivity contribution in [1.29, 1.82) is 0 Å². The molecule has 1 aliphatic heterocycles. The molecule has 1 unspecified atom stereocenters. The average Bonchev–Trinajstić information content (AvgIpc) is 2.96. The normalized spacial score (nSPS) is 14.0. The number of benzene rings is 2. The second-order valence-corrected chi connectivity index (χ2v) is 8.62. The third kappa shape index (κ3) is 4.75. The number of hydrogen-bond acceptors (Lipinski definition) is 6. The minimum absolute atomic E-state index is 0.0166. The van der Waals surface area contributed by atoms with Crippen LogP contribution in [0.25, 0.3) is 0 Å². The molecule has 0 aromatic heterocycles. The number of carbonyl (C=O) groups excluding carboxylic acids is 3. The topological polar surface area (TPSA) is 97.8 Å². The molecule has 7 nitrogen and oxygen atoms in total. The van der Waals surface area contributed by atoms with E-state index in [-0.39, 0.29) is 17.9 Å². The molecule has 1 heterocycles. The van der Waals surface area contributed by atoms with Crippen LogP contribution in [0.2, 0.25) is 0 Å². The molecule has 1 atom stereocenters. The van der Waals surface area contributed by atoms with Gasteiger partial charge < -0.3 is 4.74 Å². The fourth-order valence-electron chi connectivity index (χ4n) is 3.03. The van der Waals surface area contributed by atoms with Crippen LogP contribution in [-0.2, 0) is 19.4 Å². The van der Waals surface area contributed by atoms with E-state index in [4.69, 9.17) is 4.74 Å². The summed E-state index contributed by atoms with van der Waals surface area (Å²) in [5.41, 5.74) is 0.591. The SMILES string of the molecule is CC(=O)OC(CC#CCS(=O)(=O)c1ccccc1)CN1C(=O)c2ccccc2C1=O. The van der Waals surface area contributed by atoms with E-state index >= 15 is 0 Å². The van der Waals surface area contributed by atoms with Gasteiger partial charge in [0.25, 0.3) is 11.8 Å². The summed E-state index contributed by atoms with van der Waals surface area (Å²) in [6.07, 6.45) is -0.881. The largest absolute Gasteiger partial charge is 0.460 e. The predicted octanol–water partition coefficient (Wildman–Crippen LogP) is 2.08. The van der Waals surface area contributed by atoms with Crippen molar-refractivity contribution in [2.24, 2.45) is 0 Å². The van der Waals surface area contributed by atoms with Crippen LogP contribution in [0.3, 0.4) is 0 Å². The summed E-state index contributed by atoms with van der Waals surface area (Å²) in [6.45, 7) is 1.05. The summed E-state index contributed by atoms with van der Waals surface area (Å²) in [5.74, 6) is 3.35. The first-order valence-electron chi connectivity index (χ1n) is 9.15. The smallest absolute Gasteiger partial charge is 0.302 e. The Kier molecular flexibility index (Phi) is 6.33. The zero-order chi connectivity index (χ0) is 21.7. The van der Waals surface area contributed by atoms with Gasteiger partial charge in [-0.05, 0) is 24.3 Å². The highest BCUT2D eigenvalue weighted by Crippen LogP contribution is 2.23. The molecule has 0 spiro atoms. The average molecular weight is 425 g/mol. The summed E-state index contributed by atoms with van der Waals surface area (Å²) >= 11 is 0. The van der Waals surface area contributed by atoms with Crippen molar-refractivity contribution >= 4 is 27.6 Å². The zero-order valence-corrected chi connectivity index (χ0v) is 17.0. The van der Waals surface area contributed by atoms with Crippen LogP contribution < -0.4 is 0 Å². The number of rotatable bonds is 6. The van der Waals surface area contributed by atoms with Crippen molar-refractivity contribution in [2.75, 3.05) is 12.3 Å². The molecule has 0 N–H and O–H groups in total. The van der Waals surface area contributed by atoms with Crippen LogP contribution in [0.15, 0.2) is 59.5 Å². The van der Waals surface area contributed by atoms with Gasteiger partial charge in [-0.3, -0.25) is 19.3 Å². The van der Waals surface area contributed by atoms with E-state index in [1.165, 1.54) is 19.1 Å². The fourth-order valence-corrected chi connectivity index (χ4v) is 4.06. The summed E-state index contributed by atoms with van der Waals surface area (Å²) in [6, 6.07) is 14.4. The van der Waals surface area contributed by atoms with Crippen molar-refractivity contribution in [1.82, 2.24) is 4.90 Å². The molecule has 0 fully saturated rings. The number of hydrogen-bond donors (Lipinski definition) is 0. The lowest BCUT2D eigenvalue weighted by molar-refractivity contribution is -0.146. The van der Waals surface area contributed by atoms with Gasteiger partial charge in [0.1, 0.15) is 11.9 Å². The van der Waals surface area contributed by atoms with Crippen molar-refractivity contribution in [2.45, 2.75) is 24.3 Å². The lowest BCUT2D eigenvalue weighted by Crippen LogP contribution is -2.38. The lowest BCUT2D eigenvalue weighted by atomic mass is 10.1. The van der Waals surface area contributed by atoms with E-state index in [0.717, 1.165) is 4.90 Å². The zero-order valence-electron chi connectivity index (χ0n) is 16.2. The van der Waals surface area contributed by atoms with Crippen molar-refractivity contribution in [3.8, 4) is 11.8 Å². The number of carbonyl (C=O) groups is 3. The molecule has 0 saturated carbocycles. The highest BCUT2D eigenvalue weighted by atomic mass is 32.2. The van der Waals surface area contributed by atoms with E-state index in [9.17, 15) is 22.8 Å². The lowest BCUT2D eigenvalue weighted by Gasteiger charge is -2.20.